The minimum atomic E-state index is -1.11. The van der Waals surface area contributed by atoms with Crippen molar-refractivity contribution in [2.45, 2.75) is 6.42 Å². The fraction of sp³-hybridized carbons (Fsp3) is 0.333. The summed E-state index contributed by atoms with van der Waals surface area (Å²) >= 11 is 2.46. The maximum atomic E-state index is 9.79. The van der Waals surface area contributed by atoms with Crippen molar-refractivity contribution in [1.29, 1.82) is 0 Å². The minimum absolute atomic E-state index is 0.444. The molecule has 0 aliphatic carbocycles. The van der Waals surface area contributed by atoms with Gasteiger partial charge in [0.25, 0.3) is 0 Å². The summed E-state index contributed by atoms with van der Waals surface area (Å²) in [5.74, 6) is -1.11. The zero-order valence-corrected chi connectivity index (χ0v) is 4.93. The van der Waals surface area contributed by atoms with Gasteiger partial charge in [-0.05, 0) is 15.9 Å². The number of halogens is 1. The molecule has 0 bridgehead atoms. The first-order valence-electron chi connectivity index (χ1n) is 1.53. The zero-order valence-electron chi connectivity index (χ0n) is 3.35. The lowest BCUT2D eigenvalue weighted by atomic mass is 10.5. The highest BCUT2D eigenvalue weighted by Crippen LogP contribution is 1.89. The number of carboxylic acids is 1. The number of carbonyl (C=O) groups excluding carboxylic acids is 1. The van der Waals surface area contributed by atoms with Crippen molar-refractivity contribution in [1.82, 2.24) is 0 Å². The molecule has 0 fully saturated rings. The van der Waals surface area contributed by atoms with Gasteiger partial charge < -0.3 is 5.11 Å². The zero-order chi connectivity index (χ0) is 5.86. The molecule has 40 valence electrons. The average molecular weight is 167 g/mol. The molecule has 0 amide bonds. The normalized spacial score (nSPS) is 8.14. The van der Waals surface area contributed by atoms with Crippen LogP contribution in [-0.4, -0.2) is 15.8 Å². The van der Waals surface area contributed by atoms with Gasteiger partial charge in [0, 0.05) is 0 Å². The van der Waals surface area contributed by atoms with Crippen molar-refractivity contribution < 1.29 is 14.7 Å². The molecule has 7 heavy (non-hydrogen) atoms. The van der Waals surface area contributed by atoms with Gasteiger partial charge in [0.1, 0.15) is 6.42 Å². The molecule has 0 aromatic rings. The molecule has 0 saturated heterocycles. The van der Waals surface area contributed by atoms with Crippen LogP contribution < -0.4 is 0 Å². The molecule has 1 N–H and O–H groups in total. The monoisotopic (exact) mass is 166 g/mol. The van der Waals surface area contributed by atoms with Gasteiger partial charge in [-0.15, -0.1) is 0 Å². The molecule has 0 rings (SSSR count). The topological polar surface area (TPSA) is 54.4 Å². The van der Waals surface area contributed by atoms with Gasteiger partial charge >= 0.3 is 5.97 Å². The molecule has 0 aromatic heterocycles. The summed E-state index contributed by atoms with van der Waals surface area (Å²) in [4.78, 5) is 19.3. The molecule has 0 atom stereocenters. The van der Waals surface area contributed by atoms with Gasteiger partial charge in [-0.25, -0.2) is 0 Å². The predicted molar refractivity (Wildman–Crippen MR) is 26.2 cm³/mol. The van der Waals surface area contributed by atoms with Crippen molar-refractivity contribution in [2.24, 2.45) is 0 Å². The maximum Gasteiger partial charge on any atom is 0.311 e. The summed E-state index contributed by atoms with van der Waals surface area (Å²) in [6, 6.07) is 0. The minimum Gasteiger partial charge on any atom is -0.481 e. The Balaban J connectivity index is 3.32. The Morgan fingerprint density at radius 2 is 2.00 bits per heavy atom. The number of carbonyl (C=O) groups is 2. The lowest BCUT2D eigenvalue weighted by Gasteiger charge is -1.79. The summed E-state index contributed by atoms with van der Waals surface area (Å²) in [6.07, 6.45) is -0.444. The summed E-state index contributed by atoms with van der Waals surface area (Å²) < 4.78 is -0.500. The van der Waals surface area contributed by atoms with E-state index in [0.717, 1.165) is 0 Å². The molecule has 4 heteroatoms. The standard InChI is InChI=1S/C3H3BrO3/c4-2(5)1-3(6)7/h1H2,(H,6,7). The first kappa shape index (κ1) is 6.62. The quantitative estimate of drug-likeness (QED) is 0.477. The van der Waals surface area contributed by atoms with Crippen molar-refractivity contribution in [2.75, 3.05) is 0 Å². The second kappa shape index (κ2) is 2.74. The summed E-state index contributed by atoms with van der Waals surface area (Å²) in [5.41, 5.74) is 0. The van der Waals surface area contributed by atoms with E-state index in [2.05, 4.69) is 15.9 Å². The molecule has 0 aromatic carbocycles. The van der Waals surface area contributed by atoms with Crippen LogP contribution in [0.5, 0.6) is 0 Å². The van der Waals surface area contributed by atoms with Gasteiger partial charge in [-0.3, -0.25) is 9.59 Å². The number of hydrogen-bond donors (Lipinski definition) is 1. The van der Waals surface area contributed by atoms with Crippen LogP contribution in [0.1, 0.15) is 6.42 Å². The van der Waals surface area contributed by atoms with E-state index in [1.165, 1.54) is 0 Å². The second-order valence-electron chi connectivity index (χ2n) is 0.926. The van der Waals surface area contributed by atoms with Gasteiger partial charge in [0.05, 0.1) is 0 Å². The Bertz CT molecular complexity index is 86.4. The van der Waals surface area contributed by atoms with Gasteiger partial charge in [-0.1, -0.05) is 0 Å². The number of aliphatic carboxylic acids is 1. The van der Waals surface area contributed by atoms with Gasteiger partial charge in [-0.2, -0.15) is 0 Å². The van der Waals surface area contributed by atoms with Crippen LogP contribution in [0.3, 0.4) is 0 Å². The molecule has 0 unspecified atom stereocenters. The van der Waals surface area contributed by atoms with Crippen LogP contribution in [0.2, 0.25) is 0 Å². The van der Waals surface area contributed by atoms with E-state index >= 15 is 0 Å². The molecule has 0 saturated carbocycles. The second-order valence-corrected chi connectivity index (χ2v) is 1.81. The van der Waals surface area contributed by atoms with Gasteiger partial charge in [0.15, 0.2) is 0 Å². The lowest BCUT2D eigenvalue weighted by molar-refractivity contribution is -0.138. The van der Waals surface area contributed by atoms with Crippen molar-refractivity contribution >= 4 is 26.6 Å². The molecular formula is C3H3BrO3. The summed E-state index contributed by atoms with van der Waals surface area (Å²) in [5, 5.41) is 7.83. The van der Waals surface area contributed by atoms with Crippen LogP contribution >= 0.6 is 15.9 Å². The Hall–Kier alpha value is -0.380. The van der Waals surface area contributed by atoms with E-state index in [1.807, 2.05) is 0 Å². The number of carboxylic acid groups (broad SMARTS) is 1. The van der Waals surface area contributed by atoms with E-state index < -0.39 is 17.1 Å². The van der Waals surface area contributed by atoms with Crippen LogP contribution in [0.4, 0.5) is 0 Å². The van der Waals surface area contributed by atoms with Gasteiger partial charge in [0.2, 0.25) is 4.69 Å². The first-order chi connectivity index (χ1) is 3.13. The fourth-order valence-electron chi connectivity index (χ4n) is 0.119. The van der Waals surface area contributed by atoms with E-state index in [9.17, 15) is 9.59 Å². The SMILES string of the molecule is O=C(O)CC(=O)Br. The Kier molecular flexibility index (Phi) is 2.59. The Morgan fingerprint density at radius 3 is 2.00 bits per heavy atom. The van der Waals surface area contributed by atoms with Crippen molar-refractivity contribution in [3.05, 3.63) is 0 Å². The molecule has 0 aliphatic heterocycles. The third kappa shape index (κ3) is 5.62. The molecular weight excluding hydrogens is 164 g/mol. The fourth-order valence-corrected chi connectivity index (χ4v) is 0.359. The first-order valence-corrected chi connectivity index (χ1v) is 2.32. The molecule has 0 radical (unpaired) electrons. The van der Waals surface area contributed by atoms with Crippen LogP contribution in [-0.2, 0) is 9.59 Å². The largest absolute Gasteiger partial charge is 0.481 e. The summed E-state index contributed by atoms with van der Waals surface area (Å²) in [6.45, 7) is 0. The van der Waals surface area contributed by atoms with Crippen molar-refractivity contribution in [3.8, 4) is 0 Å². The Morgan fingerprint density at radius 1 is 1.57 bits per heavy atom. The number of hydrogen-bond acceptors (Lipinski definition) is 2. The maximum absolute atomic E-state index is 9.79. The highest BCUT2D eigenvalue weighted by Gasteiger charge is 2.00. The third-order valence-corrected chi connectivity index (χ3v) is 0.571. The lowest BCUT2D eigenvalue weighted by Crippen LogP contribution is -1.98. The van der Waals surface area contributed by atoms with Crippen LogP contribution in [0.25, 0.3) is 0 Å². The van der Waals surface area contributed by atoms with Crippen LogP contribution in [0, 0.1) is 0 Å². The Labute approximate surface area is 48.5 Å². The highest BCUT2D eigenvalue weighted by molar-refractivity contribution is 9.18. The van der Waals surface area contributed by atoms with E-state index in [1.54, 1.807) is 0 Å². The molecule has 0 spiro atoms. The van der Waals surface area contributed by atoms with Crippen LogP contribution in [0.15, 0.2) is 0 Å². The van der Waals surface area contributed by atoms with E-state index in [-0.39, 0.29) is 0 Å². The third-order valence-electron chi connectivity index (χ3n) is 0.290. The summed E-state index contributed by atoms with van der Waals surface area (Å²) in [7, 11) is 0. The van der Waals surface area contributed by atoms with E-state index in [4.69, 9.17) is 5.11 Å². The average Bonchev–Trinajstić information content (AvgIpc) is 1.27. The van der Waals surface area contributed by atoms with E-state index in [0.29, 0.717) is 0 Å². The number of rotatable bonds is 2. The molecule has 0 aliphatic rings. The van der Waals surface area contributed by atoms with Crippen molar-refractivity contribution in [3.63, 3.8) is 0 Å². The molecule has 3 nitrogen and oxygen atoms in total. The smallest absolute Gasteiger partial charge is 0.311 e. The highest BCUT2D eigenvalue weighted by atomic mass is 79.9. The predicted octanol–water partition coefficient (Wildman–Crippen LogP) is 0.383. The molecule has 0 heterocycles.